The van der Waals surface area contributed by atoms with Crippen molar-refractivity contribution in [1.29, 1.82) is 0 Å². The van der Waals surface area contributed by atoms with Crippen LogP contribution in [0.1, 0.15) is 6.92 Å². The first kappa shape index (κ1) is 12.7. The van der Waals surface area contributed by atoms with Gasteiger partial charge in [0.15, 0.2) is 0 Å². The summed E-state index contributed by atoms with van der Waals surface area (Å²) in [6.07, 6.45) is 1.51. The number of hydrogen-bond donors (Lipinski definition) is 0. The molecule has 6 heteroatoms. The van der Waals surface area contributed by atoms with E-state index < -0.39 is 4.92 Å². The Morgan fingerprint density at radius 1 is 1.47 bits per heavy atom. The Hall–Kier alpha value is -2.37. The van der Waals surface area contributed by atoms with E-state index in [1.165, 1.54) is 18.4 Å². The van der Waals surface area contributed by atoms with Gasteiger partial charge in [-0.15, -0.1) is 0 Å². The Morgan fingerprint density at radius 2 is 2.24 bits per heavy atom. The van der Waals surface area contributed by atoms with Crippen LogP contribution in [-0.4, -0.2) is 18.0 Å². The Bertz CT molecular complexity index is 505. The zero-order valence-corrected chi connectivity index (χ0v) is 9.16. The monoisotopic (exact) mass is 237 g/mol. The molecule has 0 bridgehead atoms. The van der Waals surface area contributed by atoms with Crippen LogP contribution in [0, 0.1) is 10.1 Å². The fourth-order valence-electron chi connectivity index (χ4n) is 1.14. The van der Waals surface area contributed by atoms with Crippen LogP contribution in [0.4, 0.5) is 5.69 Å². The highest BCUT2D eigenvalue weighted by Crippen LogP contribution is 2.20. The lowest BCUT2D eigenvalue weighted by atomic mass is 10.2. The second-order valence-corrected chi connectivity index (χ2v) is 2.95. The maximum absolute atomic E-state index is 10.3. The summed E-state index contributed by atoms with van der Waals surface area (Å²) in [4.78, 5) is 19.1. The fourth-order valence-corrected chi connectivity index (χ4v) is 1.14. The van der Waals surface area contributed by atoms with Crippen molar-refractivity contribution < 1.29 is 18.9 Å². The number of nitro benzene ring substituents is 1. The number of carbonyl (C=O) groups is 1. The van der Waals surface area contributed by atoms with E-state index in [0.717, 1.165) is 5.39 Å². The minimum absolute atomic E-state index is 0.0869. The van der Waals surface area contributed by atoms with Gasteiger partial charge in [-0.2, -0.15) is 0 Å². The first-order valence-electron chi connectivity index (χ1n) is 4.86. The maximum Gasteiger partial charge on any atom is 0.293 e. The average Bonchev–Trinajstić information content (AvgIpc) is 2.77. The van der Waals surface area contributed by atoms with E-state index in [4.69, 9.17) is 4.42 Å². The minimum Gasteiger partial charge on any atom is -0.468 e. The van der Waals surface area contributed by atoms with Crippen molar-refractivity contribution >= 4 is 23.1 Å². The Morgan fingerprint density at radius 3 is 2.76 bits per heavy atom. The van der Waals surface area contributed by atoms with E-state index in [0.29, 0.717) is 18.7 Å². The second-order valence-electron chi connectivity index (χ2n) is 2.95. The molecule has 0 unspecified atom stereocenters. The lowest BCUT2D eigenvalue weighted by molar-refractivity contribution is -0.384. The van der Waals surface area contributed by atoms with Gasteiger partial charge in [0.25, 0.3) is 12.2 Å². The standard InChI is InChI=1S/C8H5NO3.C3H6O2/c10-9(11)7-1-2-8-6(5-7)3-4-12-8;1-2-5-3-4/h1-5H;3H,2H2,1H3. The third-order valence-corrected chi connectivity index (χ3v) is 1.88. The summed E-state index contributed by atoms with van der Waals surface area (Å²) in [7, 11) is 0. The summed E-state index contributed by atoms with van der Waals surface area (Å²) < 4.78 is 9.18. The number of fused-ring (bicyclic) bond motifs is 1. The molecule has 0 fully saturated rings. The molecule has 0 aliphatic carbocycles. The topological polar surface area (TPSA) is 82.6 Å². The van der Waals surface area contributed by atoms with Crippen LogP contribution < -0.4 is 0 Å². The van der Waals surface area contributed by atoms with Gasteiger partial charge in [0.2, 0.25) is 0 Å². The molecule has 6 nitrogen and oxygen atoms in total. The van der Waals surface area contributed by atoms with Crippen molar-refractivity contribution in [2.75, 3.05) is 6.61 Å². The second kappa shape index (κ2) is 6.26. The molecule has 0 amide bonds. The molecule has 2 rings (SSSR count). The quantitative estimate of drug-likeness (QED) is 0.465. The van der Waals surface area contributed by atoms with Crippen LogP contribution in [0.25, 0.3) is 11.0 Å². The Kier molecular flexibility index (Phi) is 4.68. The predicted octanol–water partition coefficient (Wildman–Crippen LogP) is 2.52. The first-order valence-corrected chi connectivity index (χ1v) is 4.86. The molecule has 0 spiro atoms. The van der Waals surface area contributed by atoms with Crippen LogP contribution in [0.5, 0.6) is 0 Å². The number of nitrogens with zero attached hydrogens (tertiary/aromatic N) is 1. The third-order valence-electron chi connectivity index (χ3n) is 1.88. The van der Waals surface area contributed by atoms with Crippen molar-refractivity contribution in [2.24, 2.45) is 0 Å². The highest BCUT2D eigenvalue weighted by Gasteiger charge is 2.06. The zero-order valence-electron chi connectivity index (χ0n) is 9.16. The largest absolute Gasteiger partial charge is 0.468 e. The summed E-state index contributed by atoms with van der Waals surface area (Å²) >= 11 is 0. The van der Waals surface area contributed by atoms with E-state index in [2.05, 4.69) is 4.74 Å². The summed E-state index contributed by atoms with van der Waals surface area (Å²) in [6, 6.07) is 6.19. The van der Waals surface area contributed by atoms with Gasteiger partial charge < -0.3 is 9.15 Å². The normalized spacial score (nSPS) is 9.24. The van der Waals surface area contributed by atoms with Gasteiger partial charge in [-0.25, -0.2) is 0 Å². The number of ether oxygens (including phenoxy) is 1. The van der Waals surface area contributed by atoms with Gasteiger partial charge >= 0.3 is 0 Å². The van der Waals surface area contributed by atoms with Gasteiger partial charge in [-0.05, 0) is 19.1 Å². The minimum atomic E-state index is -0.424. The van der Waals surface area contributed by atoms with Crippen LogP contribution in [0.3, 0.4) is 0 Å². The number of non-ortho nitro benzene ring substituents is 1. The third kappa shape index (κ3) is 3.60. The van der Waals surface area contributed by atoms with E-state index in [1.807, 2.05) is 0 Å². The molecule has 0 saturated heterocycles. The predicted molar refractivity (Wildman–Crippen MR) is 60.6 cm³/mol. The Labute approximate surface area is 96.9 Å². The van der Waals surface area contributed by atoms with Gasteiger partial charge in [0.1, 0.15) is 5.58 Å². The molecule has 1 heterocycles. The van der Waals surface area contributed by atoms with Crippen LogP contribution in [0.2, 0.25) is 0 Å². The van der Waals surface area contributed by atoms with Gasteiger partial charge in [-0.3, -0.25) is 14.9 Å². The Balaban J connectivity index is 0.000000249. The highest BCUT2D eigenvalue weighted by molar-refractivity contribution is 5.79. The summed E-state index contributed by atoms with van der Waals surface area (Å²) in [5.41, 5.74) is 0.754. The number of benzene rings is 1. The fraction of sp³-hybridized carbons (Fsp3) is 0.182. The van der Waals surface area contributed by atoms with Crippen molar-refractivity contribution in [1.82, 2.24) is 0 Å². The number of carbonyl (C=O) groups excluding carboxylic acids is 1. The highest BCUT2D eigenvalue weighted by atomic mass is 16.6. The molecule has 1 aromatic carbocycles. The molecule has 0 aliphatic rings. The van der Waals surface area contributed by atoms with Gasteiger partial charge in [0.05, 0.1) is 17.8 Å². The van der Waals surface area contributed by atoms with E-state index >= 15 is 0 Å². The summed E-state index contributed by atoms with van der Waals surface area (Å²) in [5, 5.41) is 11.1. The van der Waals surface area contributed by atoms with Crippen molar-refractivity contribution in [3.8, 4) is 0 Å². The number of hydrogen-bond acceptors (Lipinski definition) is 5. The molecule has 2 aromatic rings. The molecule has 17 heavy (non-hydrogen) atoms. The molecule has 0 aliphatic heterocycles. The maximum atomic E-state index is 10.3. The van der Waals surface area contributed by atoms with Crippen molar-refractivity contribution in [3.05, 3.63) is 40.6 Å². The smallest absolute Gasteiger partial charge is 0.293 e. The van der Waals surface area contributed by atoms with Crippen molar-refractivity contribution in [2.45, 2.75) is 6.92 Å². The van der Waals surface area contributed by atoms with Gasteiger partial charge in [0, 0.05) is 17.5 Å². The molecular formula is C11H11NO5. The van der Waals surface area contributed by atoms with Gasteiger partial charge in [-0.1, -0.05) is 0 Å². The molecule has 1 aromatic heterocycles. The van der Waals surface area contributed by atoms with Crippen molar-refractivity contribution in [3.63, 3.8) is 0 Å². The first-order chi connectivity index (χ1) is 8.19. The lowest BCUT2D eigenvalue weighted by Gasteiger charge is -1.89. The summed E-state index contributed by atoms with van der Waals surface area (Å²) in [5.74, 6) is 0. The van der Waals surface area contributed by atoms with E-state index in [-0.39, 0.29) is 5.69 Å². The average molecular weight is 237 g/mol. The van der Waals surface area contributed by atoms with Crippen LogP contribution in [-0.2, 0) is 9.53 Å². The lowest BCUT2D eigenvalue weighted by Crippen LogP contribution is -1.85. The zero-order chi connectivity index (χ0) is 12.7. The number of furan rings is 1. The molecule has 0 saturated carbocycles. The number of nitro groups is 1. The number of rotatable bonds is 3. The molecule has 0 atom stereocenters. The molecule has 0 radical (unpaired) electrons. The molecule has 0 N–H and O–H groups in total. The molecular weight excluding hydrogens is 226 g/mol. The van der Waals surface area contributed by atoms with E-state index in [9.17, 15) is 14.9 Å². The van der Waals surface area contributed by atoms with Crippen LogP contribution >= 0.6 is 0 Å². The molecule has 90 valence electrons. The SMILES string of the molecule is CCOC=O.O=[N+]([O-])c1ccc2occc2c1. The van der Waals surface area contributed by atoms with Crippen LogP contribution in [0.15, 0.2) is 34.9 Å². The van der Waals surface area contributed by atoms with E-state index in [1.54, 1.807) is 19.1 Å². The summed E-state index contributed by atoms with van der Waals surface area (Å²) in [6.45, 7) is 2.66.